The molecule has 2 heterocycles. The largest absolute Gasteiger partial charge is 0.494 e. The number of piperidine rings is 1. The van der Waals surface area contributed by atoms with E-state index in [0.29, 0.717) is 24.6 Å². The second-order valence-corrected chi connectivity index (χ2v) is 8.05. The maximum atomic E-state index is 13.3. The Morgan fingerprint density at radius 3 is 2.71 bits per heavy atom. The molecule has 1 N–H and O–H groups in total. The molecular formula is C22H30F2N4O3. The summed E-state index contributed by atoms with van der Waals surface area (Å²) >= 11 is 0. The van der Waals surface area contributed by atoms with Gasteiger partial charge < -0.3 is 19.5 Å². The lowest BCUT2D eigenvalue weighted by Gasteiger charge is -2.30. The van der Waals surface area contributed by atoms with Crippen molar-refractivity contribution in [1.29, 1.82) is 0 Å². The molecule has 0 atom stereocenters. The van der Waals surface area contributed by atoms with Crippen LogP contribution in [-0.4, -0.2) is 42.3 Å². The Bertz CT molecular complexity index is 874. The molecule has 7 nitrogen and oxygen atoms in total. The summed E-state index contributed by atoms with van der Waals surface area (Å²) in [5.41, 5.74) is 1.55. The van der Waals surface area contributed by atoms with Crippen LogP contribution in [0.1, 0.15) is 61.3 Å². The highest BCUT2D eigenvalue weighted by atomic mass is 19.3. The molecule has 0 saturated carbocycles. The lowest BCUT2D eigenvalue weighted by Crippen LogP contribution is -2.34. The number of rotatable bonds is 9. The standard InChI is InChI=1S/C22H30F2N4O3/c1-4-25-19(29)18-8-7-17(14-15(18)2)30-13-5-6-16-9-11-28(12-10-16)21-26-20(31-27-21)22(3,23)24/h7-8,14,16H,4-6,9-13H2,1-3H3,(H,25,29). The number of amides is 1. The molecule has 0 spiro atoms. The minimum absolute atomic E-state index is 0.0710. The maximum absolute atomic E-state index is 13.3. The van der Waals surface area contributed by atoms with Crippen molar-refractivity contribution < 1.29 is 22.8 Å². The van der Waals surface area contributed by atoms with Crippen LogP contribution in [0.5, 0.6) is 5.75 Å². The number of nitrogens with zero attached hydrogens (tertiary/aromatic N) is 3. The Labute approximate surface area is 181 Å². The fourth-order valence-electron chi connectivity index (χ4n) is 3.74. The Balaban J connectivity index is 1.38. The maximum Gasteiger partial charge on any atom is 0.322 e. The Morgan fingerprint density at radius 1 is 1.35 bits per heavy atom. The zero-order valence-corrected chi connectivity index (χ0v) is 18.3. The van der Waals surface area contributed by atoms with E-state index in [-0.39, 0.29) is 11.9 Å². The molecule has 1 aromatic carbocycles. The first-order valence-corrected chi connectivity index (χ1v) is 10.8. The van der Waals surface area contributed by atoms with Gasteiger partial charge in [-0.25, -0.2) is 0 Å². The molecule has 3 rings (SSSR count). The fraction of sp³-hybridized carbons (Fsp3) is 0.591. The van der Waals surface area contributed by atoms with E-state index in [4.69, 9.17) is 4.74 Å². The molecule has 1 aliphatic rings. The van der Waals surface area contributed by atoms with Gasteiger partial charge in [-0.15, -0.1) is 0 Å². The van der Waals surface area contributed by atoms with Crippen molar-refractivity contribution in [2.45, 2.75) is 52.4 Å². The summed E-state index contributed by atoms with van der Waals surface area (Å²) in [6, 6.07) is 5.51. The molecular weight excluding hydrogens is 406 g/mol. The lowest BCUT2D eigenvalue weighted by atomic mass is 9.92. The number of nitrogens with one attached hydrogen (secondary N) is 1. The zero-order valence-electron chi connectivity index (χ0n) is 18.3. The first-order chi connectivity index (χ1) is 14.8. The number of halogens is 2. The van der Waals surface area contributed by atoms with Crippen molar-refractivity contribution in [3.05, 3.63) is 35.2 Å². The van der Waals surface area contributed by atoms with E-state index in [1.807, 2.05) is 30.9 Å². The summed E-state index contributed by atoms with van der Waals surface area (Å²) in [5.74, 6) is -2.27. The highest BCUT2D eigenvalue weighted by Crippen LogP contribution is 2.29. The highest BCUT2D eigenvalue weighted by molar-refractivity contribution is 5.95. The number of hydrogen-bond acceptors (Lipinski definition) is 6. The second-order valence-electron chi connectivity index (χ2n) is 8.05. The minimum Gasteiger partial charge on any atom is -0.494 e. The quantitative estimate of drug-likeness (QED) is 0.590. The van der Waals surface area contributed by atoms with Crippen molar-refractivity contribution in [3.8, 4) is 5.75 Å². The molecule has 0 aliphatic carbocycles. The first kappa shape index (κ1) is 23.0. The molecule has 0 radical (unpaired) electrons. The van der Waals surface area contributed by atoms with Crippen molar-refractivity contribution in [2.75, 3.05) is 31.1 Å². The van der Waals surface area contributed by atoms with Crippen LogP contribution < -0.4 is 15.0 Å². The van der Waals surface area contributed by atoms with E-state index >= 15 is 0 Å². The predicted octanol–water partition coefficient (Wildman–Crippen LogP) is 4.32. The number of aromatic nitrogens is 2. The molecule has 1 aliphatic heterocycles. The van der Waals surface area contributed by atoms with Gasteiger partial charge in [0.15, 0.2) is 0 Å². The van der Waals surface area contributed by atoms with Gasteiger partial charge in [-0.2, -0.15) is 13.8 Å². The normalized spacial score (nSPS) is 15.2. The van der Waals surface area contributed by atoms with E-state index in [2.05, 4.69) is 20.0 Å². The molecule has 1 saturated heterocycles. The fourth-order valence-corrected chi connectivity index (χ4v) is 3.74. The van der Waals surface area contributed by atoms with Crippen molar-refractivity contribution in [3.63, 3.8) is 0 Å². The summed E-state index contributed by atoms with van der Waals surface area (Å²) in [6.45, 7) is 7.20. The summed E-state index contributed by atoms with van der Waals surface area (Å²) in [6.07, 6.45) is 3.87. The minimum atomic E-state index is -3.12. The molecule has 2 aromatic rings. The highest BCUT2D eigenvalue weighted by Gasteiger charge is 2.33. The summed E-state index contributed by atoms with van der Waals surface area (Å²) in [4.78, 5) is 17.7. The monoisotopic (exact) mass is 436 g/mol. The van der Waals surface area contributed by atoms with Gasteiger partial charge in [-0.3, -0.25) is 4.79 Å². The predicted molar refractivity (Wildman–Crippen MR) is 113 cm³/mol. The van der Waals surface area contributed by atoms with Crippen molar-refractivity contribution in [1.82, 2.24) is 15.5 Å². The van der Waals surface area contributed by atoms with Crippen LogP contribution in [0.2, 0.25) is 0 Å². The van der Waals surface area contributed by atoms with Crippen LogP contribution >= 0.6 is 0 Å². The van der Waals surface area contributed by atoms with Crippen LogP contribution in [0.3, 0.4) is 0 Å². The third kappa shape index (κ3) is 6.15. The van der Waals surface area contributed by atoms with Gasteiger partial charge in [0.05, 0.1) is 6.61 Å². The van der Waals surface area contributed by atoms with Crippen LogP contribution in [0, 0.1) is 12.8 Å². The van der Waals surface area contributed by atoms with Gasteiger partial charge in [0.25, 0.3) is 17.7 Å². The van der Waals surface area contributed by atoms with Crippen molar-refractivity contribution in [2.24, 2.45) is 5.92 Å². The summed E-state index contributed by atoms with van der Waals surface area (Å²) < 4.78 is 37.0. The average Bonchev–Trinajstić information content (AvgIpc) is 3.23. The van der Waals surface area contributed by atoms with E-state index in [0.717, 1.165) is 57.0 Å². The lowest BCUT2D eigenvalue weighted by molar-refractivity contribution is -0.0158. The molecule has 0 unspecified atom stereocenters. The number of aryl methyl sites for hydroxylation is 1. The van der Waals surface area contributed by atoms with Crippen LogP contribution in [0.15, 0.2) is 22.7 Å². The number of hydrogen-bond donors (Lipinski definition) is 1. The van der Waals surface area contributed by atoms with Crippen LogP contribution in [0.25, 0.3) is 0 Å². The molecule has 1 fully saturated rings. The molecule has 9 heteroatoms. The average molecular weight is 437 g/mol. The summed E-state index contributed by atoms with van der Waals surface area (Å²) in [7, 11) is 0. The number of ether oxygens (including phenoxy) is 1. The van der Waals surface area contributed by atoms with Crippen molar-refractivity contribution >= 4 is 11.9 Å². The molecule has 1 aromatic heterocycles. The van der Waals surface area contributed by atoms with Gasteiger partial charge in [-0.05, 0) is 74.4 Å². The summed E-state index contributed by atoms with van der Waals surface area (Å²) in [5, 5.41) is 6.49. The second kappa shape index (κ2) is 10.1. The smallest absolute Gasteiger partial charge is 0.322 e. The molecule has 0 bridgehead atoms. The third-order valence-corrected chi connectivity index (χ3v) is 5.49. The third-order valence-electron chi connectivity index (χ3n) is 5.49. The number of benzene rings is 1. The Morgan fingerprint density at radius 2 is 2.10 bits per heavy atom. The number of carbonyl (C=O) groups excluding carboxylic acids is 1. The number of anilines is 1. The van der Waals surface area contributed by atoms with Gasteiger partial charge in [0.2, 0.25) is 0 Å². The molecule has 170 valence electrons. The van der Waals surface area contributed by atoms with E-state index in [1.54, 1.807) is 6.07 Å². The Hall–Kier alpha value is -2.71. The van der Waals surface area contributed by atoms with Gasteiger partial charge in [0, 0.05) is 32.1 Å². The first-order valence-electron chi connectivity index (χ1n) is 10.8. The van der Waals surface area contributed by atoms with Crippen LogP contribution in [-0.2, 0) is 5.92 Å². The number of alkyl halides is 2. The Kier molecular flexibility index (Phi) is 7.46. The molecule has 31 heavy (non-hydrogen) atoms. The van der Waals surface area contributed by atoms with Gasteiger partial charge >= 0.3 is 5.92 Å². The SMILES string of the molecule is CCNC(=O)c1ccc(OCCCC2CCN(c3noc(C(C)(F)F)n3)CC2)cc1C. The van der Waals surface area contributed by atoms with Crippen LogP contribution in [0.4, 0.5) is 14.7 Å². The van der Waals surface area contributed by atoms with E-state index < -0.39 is 11.8 Å². The van der Waals surface area contributed by atoms with E-state index in [1.165, 1.54) is 0 Å². The van der Waals surface area contributed by atoms with Gasteiger partial charge in [0.1, 0.15) is 5.75 Å². The van der Waals surface area contributed by atoms with Gasteiger partial charge in [-0.1, -0.05) is 0 Å². The molecule has 1 amide bonds. The zero-order chi connectivity index (χ0) is 22.4. The number of carbonyl (C=O) groups is 1. The topological polar surface area (TPSA) is 80.5 Å². The van der Waals surface area contributed by atoms with E-state index in [9.17, 15) is 13.6 Å².